The number of benzene rings is 2. The van der Waals surface area contributed by atoms with Crippen molar-refractivity contribution in [1.29, 1.82) is 0 Å². The van der Waals surface area contributed by atoms with Gasteiger partial charge >= 0.3 is 0 Å². The number of aromatic hydroxyl groups is 1. The second kappa shape index (κ2) is 7.05. The highest BCUT2D eigenvalue weighted by Gasteiger charge is 2.12. The van der Waals surface area contributed by atoms with E-state index in [9.17, 15) is 5.11 Å². The third kappa shape index (κ3) is 3.67. The highest BCUT2D eigenvalue weighted by Crippen LogP contribution is 2.27. The Labute approximate surface area is 138 Å². The summed E-state index contributed by atoms with van der Waals surface area (Å²) in [5.41, 5.74) is 5.42. The average molecular weight is 311 g/mol. The van der Waals surface area contributed by atoms with Crippen LogP contribution in [0.2, 0.25) is 0 Å². The zero-order valence-corrected chi connectivity index (χ0v) is 13.9. The number of hydrogen-bond acceptors (Lipinski definition) is 3. The van der Waals surface area contributed by atoms with E-state index in [4.69, 9.17) is 4.74 Å². The molecule has 2 aromatic rings. The van der Waals surface area contributed by atoms with Crippen LogP contribution in [0.15, 0.2) is 36.4 Å². The van der Waals surface area contributed by atoms with Crippen LogP contribution in [-0.4, -0.2) is 12.2 Å². The van der Waals surface area contributed by atoms with Crippen LogP contribution in [0.3, 0.4) is 0 Å². The van der Waals surface area contributed by atoms with Gasteiger partial charge in [-0.1, -0.05) is 24.3 Å². The second-order valence-corrected chi connectivity index (χ2v) is 6.34. The highest BCUT2D eigenvalue weighted by molar-refractivity contribution is 5.41. The van der Waals surface area contributed by atoms with Crippen LogP contribution in [0.1, 0.15) is 48.1 Å². The zero-order chi connectivity index (χ0) is 16.2. The minimum Gasteiger partial charge on any atom is -0.504 e. The summed E-state index contributed by atoms with van der Waals surface area (Å²) in [5.74, 6) is 0.699. The Morgan fingerprint density at radius 1 is 1.09 bits per heavy atom. The summed E-state index contributed by atoms with van der Waals surface area (Å²) >= 11 is 0. The summed E-state index contributed by atoms with van der Waals surface area (Å²) < 4.78 is 5.08. The molecule has 1 aliphatic carbocycles. The van der Waals surface area contributed by atoms with Gasteiger partial charge in [0.1, 0.15) is 0 Å². The van der Waals surface area contributed by atoms with Gasteiger partial charge in [0.2, 0.25) is 0 Å². The molecule has 0 amide bonds. The lowest BCUT2D eigenvalue weighted by molar-refractivity contribution is 0.373. The molecule has 122 valence electrons. The van der Waals surface area contributed by atoms with Crippen LogP contribution in [-0.2, 0) is 19.4 Å². The maximum atomic E-state index is 9.85. The highest BCUT2D eigenvalue weighted by atomic mass is 16.5. The number of fused-ring (bicyclic) bond motifs is 1. The predicted molar refractivity (Wildman–Crippen MR) is 93.0 cm³/mol. The number of nitrogens with one attached hydrogen (secondary N) is 1. The molecule has 23 heavy (non-hydrogen) atoms. The van der Waals surface area contributed by atoms with E-state index >= 15 is 0 Å². The first-order valence-electron chi connectivity index (χ1n) is 8.38. The first-order valence-corrected chi connectivity index (χ1v) is 8.38. The lowest BCUT2D eigenvalue weighted by Crippen LogP contribution is -2.18. The Morgan fingerprint density at radius 3 is 2.61 bits per heavy atom. The van der Waals surface area contributed by atoms with Crippen molar-refractivity contribution >= 4 is 0 Å². The molecule has 0 unspecified atom stereocenters. The van der Waals surface area contributed by atoms with Gasteiger partial charge in [0.15, 0.2) is 11.5 Å². The van der Waals surface area contributed by atoms with Crippen LogP contribution in [0.25, 0.3) is 0 Å². The molecular weight excluding hydrogens is 286 g/mol. The van der Waals surface area contributed by atoms with Crippen LogP contribution in [0.4, 0.5) is 0 Å². The van der Waals surface area contributed by atoms with Crippen molar-refractivity contribution < 1.29 is 9.84 Å². The van der Waals surface area contributed by atoms with Crippen LogP contribution in [0, 0.1) is 0 Å². The van der Waals surface area contributed by atoms with E-state index in [1.807, 2.05) is 6.07 Å². The molecule has 0 spiro atoms. The maximum Gasteiger partial charge on any atom is 0.160 e. The fourth-order valence-electron chi connectivity index (χ4n) is 3.26. The molecule has 3 heteroatoms. The molecule has 0 aromatic heterocycles. The van der Waals surface area contributed by atoms with Crippen LogP contribution < -0.4 is 10.1 Å². The third-order valence-electron chi connectivity index (χ3n) is 4.73. The number of hydrogen-bond donors (Lipinski definition) is 2. The molecule has 0 heterocycles. The van der Waals surface area contributed by atoms with Crippen molar-refractivity contribution in [3.63, 3.8) is 0 Å². The number of phenolic OH excluding ortho intramolecular Hbond substituents is 1. The molecule has 0 saturated heterocycles. The van der Waals surface area contributed by atoms with E-state index in [1.165, 1.54) is 42.4 Å². The molecule has 0 saturated carbocycles. The molecule has 2 N–H and O–H groups in total. The smallest absolute Gasteiger partial charge is 0.160 e. The van der Waals surface area contributed by atoms with E-state index in [0.29, 0.717) is 5.75 Å². The minimum atomic E-state index is 0.188. The standard InChI is InChI=1S/C20H25NO2/c1-14(17-9-8-16-5-3-4-6-18(16)12-17)21-13-15-7-10-20(23-2)19(22)11-15/h7-12,14,21-22H,3-6,13H2,1-2H3/t14-/m1/s1. The van der Waals surface area contributed by atoms with Gasteiger partial charge in [0.05, 0.1) is 7.11 Å². The SMILES string of the molecule is COc1ccc(CN[C@H](C)c2ccc3c(c2)CCCC3)cc1O. The van der Waals surface area contributed by atoms with Gasteiger partial charge in [0, 0.05) is 12.6 Å². The quantitative estimate of drug-likeness (QED) is 0.872. The Morgan fingerprint density at radius 2 is 1.87 bits per heavy atom. The summed E-state index contributed by atoms with van der Waals surface area (Å²) in [4.78, 5) is 0. The first kappa shape index (κ1) is 15.9. The molecular formula is C20H25NO2. The van der Waals surface area contributed by atoms with Gasteiger partial charge in [0.25, 0.3) is 0 Å². The lowest BCUT2D eigenvalue weighted by Gasteiger charge is -2.20. The molecule has 0 aliphatic heterocycles. The summed E-state index contributed by atoms with van der Waals surface area (Å²) in [5, 5.41) is 13.4. The van der Waals surface area contributed by atoms with Crippen LogP contribution in [0.5, 0.6) is 11.5 Å². The van der Waals surface area contributed by atoms with Crippen LogP contribution >= 0.6 is 0 Å². The van der Waals surface area contributed by atoms with E-state index < -0.39 is 0 Å². The van der Waals surface area contributed by atoms with Crippen molar-refractivity contribution in [2.24, 2.45) is 0 Å². The normalized spacial score (nSPS) is 15.0. The van der Waals surface area contributed by atoms with Gasteiger partial charge < -0.3 is 15.2 Å². The Bertz CT molecular complexity index is 681. The largest absolute Gasteiger partial charge is 0.504 e. The predicted octanol–water partition coefficient (Wildman–Crippen LogP) is 4.13. The molecule has 0 radical (unpaired) electrons. The van der Waals surface area contributed by atoms with Gasteiger partial charge in [-0.25, -0.2) is 0 Å². The molecule has 1 atom stereocenters. The van der Waals surface area contributed by atoms with E-state index in [2.05, 4.69) is 30.4 Å². The Hall–Kier alpha value is -2.00. The summed E-state index contributed by atoms with van der Waals surface area (Å²) in [6.45, 7) is 2.91. The lowest BCUT2D eigenvalue weighted by atomic mass is 9.89. The number of aryl methyl sites for hydroxylation is 2. The second-order valence-electron chi connectivity index (χ2n) is 6.34. The summed E-state index contributed by atoms with van der Waals surface area (Å²) in [6.07, 6.45) is 5.06. The minimum absolute atomic E-state index is 0.188. The number of rotatable bonds is 5. The maximum absolute atomic E-state index is 9.85. The fraction of sp³-hybridized carbons (Fsp3) is 0.400. The third-order valence-corrected chi connectivity index (χ3v) is 4.73. The number of phenols is 1. The number of methoxy groups -OCH3 is 1. The number of ether oxygens (including phenoxy) is 1. The van der Waals surface area contributed by atoms with E-state index in [1.54, 1.807) is 19.2 Å². The first-order chi connectivity index (χ1) is 11.2. The Kier molecular flexibility index (Phi) is 4.87. The van der Waals surface area contributed by atoms with Gasteiger partial charge in [-0.05, 0) is 67.0 Å². The molecule has 0 fully saturated rings. The molecule has 3 rings (SSSR count). The van der Waals surface area contributed by atoms with Gasteiger partial charge in [-0.2, -0.15) is 0 Å². The fourth-order valence-corrected chi connectivity index (χ4v) is 3.26. The topological polar surface area (TPSA) is 41.5 Å². The molecule has 3 nitrogen and oxygen atoms in total. The average Bonchev–Trinajstić information content (AvgIpc) is 2.59. The van der Waals surface area contributed by atoms with Gasteiger partial charge in [-0.3, -0.25) is 0 Å². The molecule has 1 aliphatic rings. The molecule has 0 bridgehead atoms. The van der Waals surface area contributed by atoms with Gasteiger partial charge in [-0.15, -0.1) is 0 Å². The van der Waals surface area contributed by atoms with Crippen molar-refractivity contribution in [3.05, 3.63) is 58.7 Å². The van der Waals surface area contributed by atoms with Crippen molar-refractivity contribution in [1.82, 2.24) is 5.32 Å². The zero-order valence-electron chi connectivity index (χ0n) is 13.9. The van der Waals surface area contributed by atoms with E-state index in [0.717, 1.165) is 12.1 Å². The van der Waals surface area contributed by atoms with Crippen molar-refractivity contribution in [2.75, 3.05) is 7.11 Å². The summed E-state index contributed by atoms with van der Waals surface area (Å²) in [6, 6.07) is 12.7. The van der Waals surface area contributed by atoms with Crippen molar-refractivity contribution in [2.45, 2.75) is 45.2 Å². The monoisotopic (exact) mass is 311 g/mol. The molecule has 2 aromatic carbocycles. The van der Waals surface area contributed by atoms with E-state index in [-0.39, 0.29) is 11.8 Å². The Balaban J connectivity index is 1.65. The van der Waals surface area contributed by atoms with Crippen molar-refractivity contribution in [3.8, 4) is 11.5 Å². The summed E-state index contributed by atoms with van der Waals surface area (Å²) in [7, 11) is 1.56.